The Morgan fingerprint density at radius 1 is 1.10 bits per heavy atom. The molecule has 0 amide bonds. The van der Waals surface area contributed by atoms with Gasteiger partial charge in [0.1, 0.15) is 17.2 Å². The molecule has 20 heavy (non-hydrogen) atoms. The van der Waals surface area contributed by atoms with Crippen LogP contribution >= 0.6 is 0 Å². The number of benzene rings is 2. The molecule has 0 saturated heterocycles. The molecule has 102 valence electrons. The third-order valence-electron chi connectivity index (χ3n) is 3.29. The third kappa shape index (κ3) is 1.91. The SMILES string of the molecule is Cc1cc(C)c(N)c(-c2nc3c(F)cc(F)cc3[nH]2)c1. The summed E-state index contributed by atoms with van der Waals surface area (Å²) in [6.45, 7) is 3.84. The van der Waals surface area contributed by atoms with Gasteiger partial charge in [0.25, 0.3) is 0 Å². The molecule has 0 spiro atoms. The number of nitrogen functional groups attached to an aromatic ring is 1. The van der Waals surface area contributed by atoms with Crippen LogP contribution in [0.25, 0.3) is 22.4 Å². The fourth-order valence-corrected chi connectivity index (χ4v) is 2.34. The average Bonchev–Trinajstić information content (AvgIpc) is 2.77. The molecule has 0 aliphatic heterocycles. The first-order valence-electron chi connectivity index (χ1n) is 6.17. The molecule has 0 radical (unpaired) electrons. The van der Waals surface area contributed by atoms with Crippen molar-refractivity contribution in [3.05, 3.63) is 47.0 Å². The summed E-state index contributed by atoms with van der Waals surface area (Å²) >= 11 is 0. The number of imidazole rings is 1. The van der Waals surface area contributed by atoms with Crippen LogP contribution in [0.1, 0.15) is 11.1 Å². The first-order valence-corrected chi connectivity index (χ1v) is 6.17. The van der Waals surface area contributed by atoms with Crippen LogP contribution in [0.5, 0.6) is 0 Å². The molecule has 0 saturated carbocycles. The number of hydrogen-bond acceptors (Lipinski definition) is 2. The minimum atomic E-state index is -0.689. The first kappa shape index (κ1) is 12.6. The predicted molar refractivity (Wildman–Crippen MR) is 75.3 cm³/mol. The van der Waals surface area contributed by atoms with E-state index >= 15 is 0 Å². The van der Waals surface area contributed by atoms with Crippen molar-refractivity contribution in [2.75, 3.05) is 5.73 Å². The zero-order chi connectivity index (χ0) is 14.4. The van der Waals surface area contributed by atoms with Crippen LogP contribution in [-0.2, 0) is 0 Å². The van der Waals surface area contributed by atoms with Gasteiger partial charge in [-0.3, -0.25) is 0 Å². The number of nitrogens with zero attached hydrogens (tertiary/aromatic N) is 1. The first-order chi connectivity index (χ1) is 9.45. The van der Waals surface area contributed by atoms with Gasteiger partial charge in [0.15, 0.2) is 5.82 Å². The molecule has 0 atom stereocenters. The van der Waals surface area contributed by atoms with Gasteiger partial charge in [-0.05, 0) is 37.1 Å². The van der Waals surface area contributed by atoms with Gasteiger partial charge in [-0.1, -0.05) is 6.07 Å². The lowest BCUT2D eigenvalue weighted by atomic mass is 10.0. The summed E-state index contributed by atoms with van der Waals surface area (Å²) in [5, 5.41) is 0. The molecule has 0 bridgehead atoms. The van der Waals surface area contributed by atoms with Crippen molar-refractivity contribution in [2.45, 2.75) is 13.8 Å². The lowest BCUT2D eigenvalue weighted by molar-refractivity contribution is 0.591. The van der Waals surface area contributed by atoms with Crippen LogP contribution in [0.2, 0.25) is 0 Å². The number of aryl methyl sites for hydroxylation is 2. The fourth-order valence-electron chi connectivity index (χ4n) is 2.34. The van der Waals surface area contributed by atoms with Crippen molar-refractivity contribution in [1.29, 1.82) is 0 Å². The van der Waals surface area contributed by atoms with E-state index in [1.807, 2.05) is 26.0 Å². The average molecular weight is 273 g/mol. The molecule has 1 heterocycles. The number of halogens is 2. The Hall–Kier alpha value is -2.43. The molecule has 1 aromatic heterocycles. The quantitative estimate of drug-likeness (QED) is 0.664. The maximum Gasteiger partial charge on any atom is 0.153 e. The molecule has 0 aliphatic rings. The zero-order valence-electron chi connectivity index (χ0n) is 11.1. The van der Waals surface area contributed by atoms with Crippen molar-refractivity contribution >= 4 is 16.7 Å². The maximum atomic E-state index is 13.7. The number of hydrogen-bond donors (Lipinski definition) is 2. The van der Waals surface area contributed by atoms with E-state index in [2.05, 4.69) is 9.97 Å². The second kappa shape index (κ2) is 4.30. The van der Waals surface area contributed by atoms with Gasteiger partial charge in [-0.15, -0.1) is 0 Å². The van der Waals surface area contributed by atoms with E-state index in [0.717, 1.165) is 17.2 Å². The van der Waals surface area contributed by atoms with Crippen LogP contribution in [0.4, 0.5) is 14.5 Å². The van der Waals surface area contributed by atoms with Crippen LogP contribution < -0.4 is 5.73 Å². The number of nitrogens with one attached hydrogen (secondary N) is 1. The summed E-state index contributed by atoms with van der Waals surface area (Å²) in [6.07, 6.45) is 0. The van der Waals surface area contributed by atoms with E-state index in [4.69, 9.17) is 5.73 Å². The van der Waals surface area contributed by atoms with Crippen molar-refractivity contribution in [3.8, 4) is 11.4 Å². The standard InChI is InChI=1S/C15H13F2N3/c1-7-3-8(2)13(18)10(4-7)15-19-12-6-9(16)5-11(17)14(12)20-15/h3-6H,18H2,1-2H3,(H,19,20). The minimum absolute atomic E-state index is 0.111. The number of nitrogens with two attached hydrogens (primary N) is 1. The van der Waals surface area contributed by atoms with E-state index in [0.29, 0.717) is 22.6 Å². The molecule has 3 rings (SSSR count). The van der Waals surface area contributed by atoms with Crippen LogP contribution in [0.15, 0.2) is 24.3 Å². The van der Waals surface area contributed by atoms with Gasteiger partial charge in [0.05, 0.1) is 5.52 Å². The van der Waals surface area contributed by atoms with E-state index < -0.39 is 11.6 Å². The largest absolute Gasteiger partial charge is 0.398 e. The molecule has 0 unspecified atom stereocenters. The predicted octanol–water partition coefficient (Wildman–Crippen LogP) is 3.71. The molecule has 0 aliphatic carbocycles. The van der Waals surface area contributed by atoms with Gasteiger partial charge in [0, 0.05) is 17.3 Å². The fraction of sp³-hybridized carbons (Fsp3) is 0.133. The lowest BCUT2D eigenvalue weighted by Crippen LogP contribution is -1.96. The molecular formula is C15H13F2N3. The summed E-state index contributed by atoms with van der Waals surface area (Å²) in [4.78, 5) is 7.11. The molecule has 3 N–H and O–H groups in total. The summed E-state index contributed by atoms with van der Waals surface area (Å²) in [5.41, 5.74) is 9.69. The number of fused-ring (bicyclic) bond motifs is 1. The van der Waals surface area contributed by atoms with Crippen molar-refractivity contribution in [2.24, 2.45) is 0 Å². The Morgan fingerprint density at radius 3 is 2.60 bits per heavy atom. The second-order valence-corrected chi connectivity index (χ2v) is 4.91. The van der Waals surface area contributed by atoms with Crippen molar-refractivity contribution in [3.63, 3.8) is 0 Å². The van der Waals surface area contributed by atoms with Gasteiger partial charge < -0.3 is 10.7 Å². The number of aromatic amines is 1. The van der Waals surface area contributed by atoms with Gasteiger partial charge >= 0.3 is 0 Å². The summed E-state index contributed by atoms with van der Waals surface area (Å²) < 4.78 is 26.9. The Bertz CT molecular complexity index is 822. The zero-order valence-corrected chi connectivity index (χ0v) is 11.1. The number of anilines is 1. The van der Waals surface area contributed by atoms with E-state index in [9.17, 15) is 8.78 Å². The van der Waals surface area contributed by atoms with Gasteiger partial charge in [0.2, 0.25) is 0 Å². The Labute approximate surface area is 114 Å². The molecule has 2 aromatic carbocycles. The van der Waals surface area contributed by atoms with Crippen molar-refractivity contribution < 1.29 is 8.78 Å². The van der Waals surface area contributed by atoms with Gasteiger partial charge in [-0.2, -0.15) is 0 Å². The van der Waals surface area contributed by atoms with E-state index in [1.54, 1.807) is 0 Å². The highest BCUT2D eigenvalue weighted by Gasteiger charge is 2.14. The minimum Gasteiger partial charge on any atom is -0.398 e. The highest BCUT2D eigenvalue weighted by molar-refractivity contribution is 5.84. The molecule has 3 aromatic rings. The lowest BCUT2D eigenvalue weighted by Gasteiger charge is -2.07. The maximum absolute atomic E-state index is 13.7. The highest BCUT2D eigenvalue weighted by Crippen LogP contribution is 2.30. The Morgan fingerprint density at radius 2 is 1.85 bits per heavy atom. The summed E-state index contributed by atoms with van der Waals surface area (Å²) in [5.74, 6) is -0.891. The van der Waals surface area contributed by atoms with Crippen LogP contribution in [0, 0.1) is 25.5 Å². The summed E-state index contributed by atoms with van der Waals surface area (Å²) in [6, 6.07) is 5.86. The Kier molecular flexibility index (Phi) is 2.71. The van der Waals surface area contributed by atoms with Crippen molar-refractivity contribution in [1.82, 2.24) is 9.97 Å². The Balaban J connectivity index is 2.28. The summed E-state index contributed by atoms with van der Waals surface area (Å²) in [7, 11) is 0. The molecule has 5 heteroatoms. The van der Waals surface area contributed by atoms with E-state index in [1.165, 1.54) is 6.07 Å². The smallest absolute Gasteiger partial charge is 0.153 e. The van der Waals surface area contributed by atoms with Gasteiger partial charge in [-0.25, -0.2) is 13.8 Å². The van der Waals surface area contributed by atoms with Crippen LogP contribution in [-0.4, -0.2) is 9.97 Å². The third-order valence-corrected chi connectivity index (χ3v) is 3.29. The normalized spacial score (nSPS) is 11.2. The highest BCUT2D eigenvalue weighted by atomic mass is 19.1. The molecule has 3 nitrogen and oxygen atoms in total. The van der Waals surface area contributed by atoms with E-state index in [-0.39, 0.29) is 5.52 Å². The monoisotopic (exact) mass is 273 g/mol. The molecular weight excluding hydrogens is 260 g/mol. The number of aromatic nitrogens is 2. The number of rotatable bonds is 1. The van der Waals surface area contributed by atoms with Crippen LogP contribution in [0.3, 0.4) is 0 Å². The topological polar surface area (TPSA) is 54.7 Å². The molecule has 0 fully saturated rings. The second-order valence-electron chi connectivity index (χ2n) is 4.91. The number of H-pyrrole nitrogens is 1.